The van der Waals surface area contributed by atoms with Crippen molar-refractivity contribution in [1.29, 1.82) is 0 Å². The van der Waals surface area contributed by atoms with E-state index in [4.69, 9.17) is 14.6 Å². The standard InChI is InChI=1S/C15H21NO5/c1-20-9-10-21-8-6-14(17)16-7-5-12-3-2-4-13(11-12)15(18)19/h2-4,11H,5-10H2,1H3,(H,16,17)(H,18,19). The highest BCUT2D eigenvalue weighted by Crippen LogP contribution is 2.05. The first-order valence-electron chi connectivity index (χ1n) is 6.79. The lowest BCUT2D eigenvalue weighted by Gasteiger charge is -2.06. The van der Waals surface area contributed by atoms with Crippen molar-refractivity contribution in [3.05, 3.63) is 35.4 Å². The molecule has 0 bridgehead atoms. The van der Waals surface area contributed by atoms with E-state index in [2.05, 4.69) is 5.32 Å². The summed E-state index contributed by atoms with van der Waals surface area (Å²) < 4.78 is 10.0. The summed E-state index contributed by atoms with van der Waals surface area (Å²) >= 11 is 0. The van der Waals surface area contributed by atoms with Gasteiger partial charge in [-0.15, -0.1) is 0 Å². The molecule has 0 atom stereocenters. The third-order valence-corrected chi connectivity index (χ3v) is 2.82. The minimum atomic E-state index is -0.950. The molecule has 0 unspecified atom stereocenters. The number of carboxylic acids is 1. The number of methoxy groups -OCH3 is 1. The molecule has 0 fully saturated rings. The number of aromatic carboxylic acids is 1. The molecule has 21 heavy (non-hydrogen) atoms. The largest absolute Gasteiger partial charge is 0.478 e. The molecule has 0 radical (unpaired) electrons. The molecule has 1 aromatic carbocycles. The van der Waals surface area contributed by atoms with Crippen molar-refractivity contribution < 1.29 is 24.2 Å². The van der Waals surface area contributed by atoms with Crippen LogP contribution in [0.5, 0.6) is 0 Å². The smallest absolute Gasteiger partial charge is 0.335 e. The molecular weight excluding hydrogens is 274 g/mol. The summed E-state index contributed by atoms with van der Waals surface area (Å²) in [6.45, 7) is 1.83. The first-order valence-corrected chi connectivity index (χ1v) is 6.79. The van der Waals surface area contributed by atoms with E-state index in [1.54, 1.807) is 25.3 Å². The molecule has 0 heterocycles. The van der Waals surface area contributed by atoms with Gasteiger partial charge in [0.15, 0.2) is 0 Å². The average Bonchev–Trinajstić information content (AvgIpc) is 2.47. The number of hydrogen-bond donors (Lipinski definition) is 2. The Morgan fingerprint density at radius 3 is 2.76 bits per heavy atom. The first kappa shape index (κ1) is 17.1. The Morgan fingerprint density at radius 1 is 1.24 bits per heavy atom. The molecule has 1 aromatic rings. The van der Waals surface area contributed by atoms with Crippen LogP contribution in [-0.2, 0) is 20.7 Å². The van der Waals surface area contributed by atoms with Crippen molar-refractivity contribution in [1.82, 2.24) is 5.32 Å². The fourth-order valence-electron chi connectivity index (χ4n) is 1.70. The second-order valence-electron chi connectivity index (χ2n) is 4.46. The fourth-order valence-corrected chi connectivity index (χ4v) is 1.70. The van der Waals surface area contributed by atoms with Gasteiger partial charge in [-0.25, -0.2) is 4.79 Å². The molecule has 0 aliphatic carbocycles. The number of carboxylic acid groups (broad SMARTS) is 1. The molecule has 2 N–H and O–H groups in total. The molecule has 0 spiro atoms. The van der Waals surface area contributed by atoms with E-state index in [9.17, 15) is 9.59 Å². The summed E-state index contributed by atoms with van der Waals surface area (Å²) in [6.07, 6.45) is 0.899. The van der Waals surface area contributed by atoms with E-state index in [-0.39, 0.29) is 11.5 Å². The lowest BCUT2D eigenvalue weighted by Crippen LogP contribution is -2.26. The van der Waals surface area contributed by atoms with Gasteiger partial charge in [0.2, 0.25) is 5.91 Å². The Hall–Kier alpha value is -1.92. The van der Waals surface area contributed by atoms with Crippen molar-refractivity contribution >= 4 is 11.9 Å². The lowest BCUT2D eigenvalue weighted by atomic mass is 10.1. The Labute approximate surface area is 124 Å². The number of amides is 1. The fraction of sp³-hybridized carbons (Fsp3) is 0.467. The van der Waals surface area contributed by atoms with Crippen LogP contribution in [0.1, 0.15) is 22.3 Å². The second-order valence-corrected chi connectivity index (χ2v) is 4.46. The summed E-state index contributed by atoms with van der Waals surface area (Å²) in [6, 6.07) is 6.70. The Balaban J connectivity index is 2.19. The summed E-state index contributed by atoms with van der Waals surface area (Å²) in [4.78, 5) is 22.4. The number of hydrogen-bond acceptors (Lipinski definition) is 4. The zero-order valence-electron chi connectivity index (χ0n) is 12.1. The van der Waals surface area contributed by atoms with Crippen molar-refractivity contribution in [2.45, 2.75) is 12.8 Å². The van der Waals surface area contributed by atoms with Crippen LogP contribution in [0.2, 0.25) is 0 Å². The number of ether oxygens (including phenoxy) is 2. The number of carbonyl (C=O) groups is 2. The van der Waals surface area contributed by atoms with E-state index in [0.29, 0.717) is 39.2 Å². The molecule has 0 aromatic heterocycles. The number of nitrogens with one attached hydrogen (secondary N) is 1. The van der Waals surface area contributed by atoms with Crippen LogP contribution in [-0.4, -0.2) is 50.5 Å². The molecule has 0 saturated heterocycles. The van der Waals surface area contributed by atoms with Crippen LogP contribution >= 0.6 is 0 Å². The molecule has 1 amide bonds. The van der Waals surface area contributed by atoms with Gasteiger partial charge < -0.3 is 19.9 Å². The molecular formula is C15H21NO5. The van der Waals surface area contributed by atoms with Gasteiger partial charge in [0.25, 0.3) is 0 Å². The molecule has 0 aliphatic heterocycles. The predicted molar refractivity (Wildman–Crippen MR) is 77.4 cm³/mol. The van der Waals surface area contributed by atoms with Crippen molar-refractivity contribution in [3.8, 4) is 0 Å². The summed E-state index contributed by atoms with van der Waals surface area (Å²) in [5, 5.41) is 11.7. The molecule has 1 rings (SSSR count). The SMILES string of the molecule is COCCOCCC(=O)NCCc1cccc(C(=O)O)c1. The van der Waals surface area contributed by atoms with Gasteiger partial charge >= 0.3 is 5.97 Å². The van der Waals surface area contributed by atoms with E-state index in [0.717, 1.165) is 5.56 Å². The zero-order chi connectivity index (χ0) is 15.5. The van der Waals surface area contributed by atoms with Crippen LogP contribution in [0, 0.1) is 0 Å². The highest BCUT2D eigenvalue weighted by Gasteiger charge is 2.04. The van der Waals surface area contributed by atoms with Gasteiger partial charge in [-0.3, -0.25) is 4.79 Å². The minimum Gasteiger partial charge on any atom is -0.478 e. The molecule has 6 nitrogen and oxygen atoms in total. The number of carbonyl (C=O) groups excluding carboxylic acids is 1. The maximum Gasteiger partial charge on any atom is 0.335 e. The topological polar surface area (TPSA) is 84.9 Å². The predicted octanol–water partition coefficient (Wildman–Crippen LogP) is 1.10. The highest BCUT2D eigenvalue weighted by molar-refractivity contribution is 5.87. The third kappa shape index (κ3) is 7.43. The summed E-state index contributed by atoms with van der Waals surface area (Å²) in [5.41, 5.74) is 1.14. The van der Waals surface area contributed by atoms with Gasteiger partial charge in [0.1, 0.15) is 0 Å². The van der Waals surface area contributed by atoms with Crippen LogP contribution < -0.4 is 5.32 Å². The third-order valence-electron chi connectivity index (χ3n) is 2.82. The Kier molecular flexibility index (Phi) is 8.08. The lowest BCUT2D eigenvalue weighted by molar-refractivity contribution is -0.122. The normalized spacial score (nSPS) is 10.3. The number of benzene rings is 1. The molecule has 6 heteroatoms. The van der Waals surface area contributed by atoms with E-state index < -0.39 is 5.97 Å². The molecule has 116 valence electrons. The Morgan fingerprint density at radius 2 is 2.05 bits per heavy atom. The van der Waals surface area contributed by atoms with Gasteiger partial charge in [0, 0.05) is 20.1 Å². The Bertz CT molecular complexity index is 461. The highest BCUT2D eigenvalue weighted by atomic mass is 16.5. The molecule has 0 aliphatic rings. The van der Waals surface area contributed by atoms with Gasteiger partial charge in [0.05, 0.1) is 25.4 Å². The first-order chi connectivity index (χ1) is 10.1. The summed E-state index contributed by atoms with van der Waals surface area (Å²) in [7, 11) is 1.59. The minimum absolute atomic E-state index is 0.0817. The van der Waals surface area contributed by atoms with E-state index in [1.165, 1.54) is 0 Å². The van der Waals surface area contributed by atoms with Crippen LogP contribution in [0.3, 0.4) is 0 Å². The van der Waals surface area contributed by atoms with Gasteiger partial charge in [-0.2, -0.15) is 0 Å². The van der Waals surface area contributed by atoms with Crippen molar-refractivity contribution in [3.63, 3.8) is 0 Å². The number of rotatable bonds is 10. The van der Waals surface area contributed by atoms with Crippen LogP contribution in [0.25, 0.3) is 0 Å². The monoisotopic (exact) mass is 295 g/mol. The van der Waals surface area contributed by atoms with Crippen LogP contribution in [0.15, 0.2) is 24.3 Å². The van der Waals surface area contributed by atoms with Crippen LogP contribution in [0.4, 0.5) is 0 Å². The van der Waals surface area contributed by atoms with Crippen molar-refractivity contribution in [2.75, 3.05) is 33.5 Å². The zero-order valence-corrected chi connectivity index (χ0v) is 12.1. The van der Waals surface area contributed by atoms with E-state index in [1.807, 2.05) is 6.07 Å². The van der Waals surface area contributed by atoms with Gasteiger partial charge in [-0.1, -0.05) is 12.1 Å². The average molecular weight is 295 g/mol. The maximum atomic E-state index is 11.5. The molecule has 0 saturated carbocycles. The quantitative estimate of drug-likeness (QED) is 0.631. The van der Waals surface area contributed by atoms with E-state index >= 15 is 0 Å². The second kappa shape index (κ2) is 9.90. The maximum absolute atomic E-state index is 11.5. The summed E-state index contributed by atoms with van der Waals surface area (Å²) in [5.74, 6) is -1.03. The van der Waals surface area contributed by atoms with Gasteiger partial charge in [-0.05, 0) is 24.1 Å². The van der Waals surface area contributed by atoms with Crippen molar-refractivity contribution in [2.24, 2.45) is 0 Å².